The van der Waals surface area contributed by atoms with Gasteiger partial charge in [-0.15, -0.1) is 22.9 Å². The Morgan fingerprint density at radius 1 is 1.78 bits per heavy atom. The maximum atomic E-state index is 5.65. The van der Waals surface area contributed by atoms with Gasteiger partial charge >= 0.3 is 0 Å². The Kier molecular flexibility index (Phi) is 2.55. The molecule has 9 heavy (non-hydrogen) atoms. The van der Waals surface area contributed by atoms with E-state index in [0.717, 1.165) is 5.88 Å². The lowest BCUT2D eigenvalue weighted by Gasteiger charge is -2.00. The summed E-state index contributed by atoms with van der Waals surface area (Å²) in [5.41, 5.74) is 0. The van der Waals surface area contributed by atoms with Crippen molar-refractivity contribution in [1.29, 1.82) is 0 Å². The molecule has 0 nitrogen and oxygen atoms in total. The molecule has 0 N–H and O–H groups in total. The van der Waals surface area contributed by atoms with Gasteiger partial charge in [0, 0.05) is 16.7 Å². The standard InChI is InChI=1S/C7H9ClS/c1-6(5-8)7-3-2-4-9-7/h2-4,6H,5H2,1H3. The first-order valence-electron chi connectivity index (χ1n) is 2.94. The van der Waals surface area contributed by atoms with E-state index in [-0.39, 0.29) is 0 Å². The maximum Gasteiger partial charge on any atom is 0.0297 e. The smallest absolute Gasteiger partial charge is 0.0297 e. The summed E-state index contributed by atoms with van der Waals surface area (Å²) in [4.78, 5) is 1.38. The molecule has 1 aromatic rings. The van der Waals surface area contributed by atoms with Crippen LogP contribution >= 0.6 is 22.9 Å². The highest BCUT2D eigenvalue weighted by Gasteiger charge is 2.02. The lowest BCUT2D eigenvalue weighted by molar-refractivity contribution is 0.899. The van der Waals surface area contributed by atoms with Gasteiger partial charge in [0.15, 0.2) is 0 Å². The normalized spacial score (nSPS) is 13.6. The molecular formula is C7H9ClS. The zero-order valence-corrected chi connectivity index (χ0v) is 6.88. The van der Waals surface area contributed by atoms with Gasteiger partial charge in [-0.05, 0) is 11.4 Å². The van der Waals surface area contributed by atoms with E-state index < -0.39 is 0 Å². The summed E-state index contributed by atoms with van der Waals surface area (Å²) in [6, 6.07) is 4.18. The van der Waals surface area contributed by atoms with Gasteiger partial charge in [0.2, 0.25) is 0 Å². The van der Waals surface area contributed by atoms with Gasteiger partial charge in [-0.25, -0.2) is 0 Å². The molecule has 0 bridgehead atoms. The maximum absolute atomic E-state index is 5.65. The van der Waals surface area contributed by atoms with Crippen LogP contribution in [0.25, 0.3) is 0 Å². The van der Waals surface area contributed by atoms with Crippen LogP contribution in [0, 0.1) is 0 Å². The monoisotopic (exact) mass is 160 g/mol. The fraction of sp³-hybridized carbons (Fsp3) is 0.429. The van der Waals surface area contributed by atoms with Crippen LogP contribution in [0.2, 0.25) is 0 Å². The van der Waals surface area contributed by atoms with Crippen LogP contribution in [0.1, 0.15) is 17.7 Å². The lowest BCUT2D eigenvalue weighted by Crippen LogP contribution is -1.88. The molecule has 1 aromatic heterocycles. The van der Waals surface area contributed by atoms with Crippen LogP contribution in [0.15, 0.2) is 17.5 Å². The van der Waals surface area contributed by atoms with Crippen LogP contribution in [0.5, 0.6) is 0 Å². The zero-order chi connectivity index (χ0) is 6.69. The fourth-order valence-electron chi connectivity index (χ4n) is 0.648. The molecule has 1 unspecified atom stereocenters. The van der Waals surface area contributed by atoms with E-state index in [2.05, 4.69) is 24.4 Å². The summed E-state index contributed by atoms with van der Waals surface area (Å²) in [5, 5.41) is 2.08. The summed E-state index contributed by atoms with van der Waals surface area (Å²) < 4.78 is 0. The number of halogens is 1. The summed E-state index contributed by atoms with van der Waals surface area (Å²) in [6.07, 6.45) is 0. The summed E-state index contributed by atoms with van der Waals surface area (Å²) >= 11 is 7.42. The number of hydrogen-bond acceptors (Lipinski definition) is 1. The second-order valence-corrected chi connectivity index (χ2v) is 3.36. The first-order chi connectivity index (χ1) is 4.34. The van der Waals surface area contributed by atoms with Crippen molar-refractivity contribution >= 4 is 22.9 Å². The molecule has 2 heteroatoms. The SMILES string of the molecule is CC(CCl)c1cccs1. The Bertz CT molecular complexity index is 157. The fourth-order valence-corrected chi connectivity index (χ4v) is 1.69. The molecule has 0 amide bonds. The van der Waals surface area contributed by atoms with E-state index in [9.17, 15) is 0 Å². The summed E-state index contributed by atoms with van der Waals surface area (Å²) in [7, 11) is 0. The molecule has 0 saturated carbocycles. The first-order valence-corrected chi connectivity index (χ1v) is 4.35. The van der Waals surface area contributed by atoms with Crippen molar-refractivity contribution in [1.82, 2.24) is 0 Å². The minimum Gasteiger partial charge on any atom is -0.149 e. The third-order valence-electron chi connectivity index (χ3n) is 1.26. The van der Waals surface area contributed by atoms with Gasteiger partial charge in [-0.3, -0.25) is 0 Å². The molecule has 1 heterocycles. The third kappa shape index (κ3) is 1.70. The van der Waals surface area contributed by atoms with Gasteiger partial charge in [0.05, 0.1) is 0 Å². The summed E-state index contributed by atoms with van der Waals surface area (Å²) in [6.45, 7) is 2.14. The minimum atomic E-state index is 0.520. The molecule has 50 valence electrons. The van der Waals surface area contributed by atoms with Crippen molar-refractivity contribution in [2.45, 2.75) is 12.8 Å². The van der Waals surface area contributed by atoms with Crippen molar-refractivity contribution in [3.05, 3.63) is 22.4 Å². The van der Waals surface area contributed by atoms with E-state index in [1.807, 2.05) is 0 Å². The van der Waals surface area contributed by atoms with Crippen molar-refractivity contribution in [3.8, 4) is 0 Å². The van der Waals surface area contributed by atoms with Gasteiger partial charge in [0.1, 0.15) is 0 Å². The van der Waals surface area contributed by atoms with Gasteiger partial charge < -0.3 is 0 Å². The quantitative estimate of drug-likeness (QED) is 0.584. The predicted molar refractivity (Wildman–Crippen MR) is 43.5 cm³/mol. The molecule has 0 saturated heterocycles. The van der Waals surface area contributed by atoms with Crippen LogP contribution in [-0.4, -0.2) is 5.88 Å². The predicted octanol–water partition coefficient (Wildman–Crippen LogP) is 3.09. The molecule has 0 aliphatic carbocycles. The highest BCUT2D eigenvalue weighted by Crippen LogP contribution is 2.20. The molecule has 0 aromatic carbocycles. The van der Waals surface area contributed by atoms with Crippen LogP contribution in [0.3, 0.4) is 0 Å². The minimum absolute atomic E-state index is 0.520. The molecule has 0 spiro atoms. The average molecular weight is 161 g/mol. The second-order valence-electron chi connectivity index (χ2n) is 2.07. The topological polar surface area (TPSA) is 0 Å². The van der Waals surface area contributed by atoms with E-state index >= 15 is 0 Å². The van der Waals surface area contributed by atoms with Gasteiger partial charge in [-0.1, -0.05) is 13.0 Å². The van der Waals surface area contributed by atoms with E-state index in [0.29, 0.717) is 5.92 Å². The van der Waals surface area contributed by atoms with Gasteiger partial charge in [0.25, 0.3) is 0 Å². The second kappa shape index (κ2) is 3.23. The Labute approximate surface area is 64.5 Å². The Balaban J connectivity index is 2.65. The average Bonchev–Trinajstić information content (AvgIpc) is 2.37. The van der Waals surface area contributed by atoms with Crippen LogP contribution < -0.4 is 0 Å². The molecule has 0 aliphatic heterocycles. The highest BCUT2D eigenvalue weighted by molar-refractivity contribution is 7.10. The lowest BCUT2D eigenvalue weighted by atomic mass is 10.2. The number of rotatable bonds is 2. The van der Waals surface area contributed by atoms with E-state index in [4.69, 9.17) is 11.6 Å². The van der Waals surface area contributed by atoms with Crippen molar-refractivity contribution in [2.75, 3.05) is 5.88 Å². The number of thiophene rings is 1. The molecule has 1 atom stereocenters. The molecule has 0 aliphatic rings. The zero-order valence-electron chi connectivity index (χ0n) is 5.30. The van der Waals surface area contributed by atoms with E-state index in [1.165, 1.54) is 4.88 Å². The van der Waals surface area contributed by atoms with Crippen molar-refractivity contribution in [3.63, 3.8) is 0 Å². The number of alkyl halides is 1. The van der Waals surface area contributed by atoms with Gasteiger partial charge in [-0.2, -0.15) is 0 Å². The third-order valence-corrected chi connectivity index (χ3v) is 2.83. The highest BCUT2D eigenvalue weighted by atomic mass is 35.5. The Morgan fingerprint density at radius 3 is 3.00 bits per heavy atom. The molecule has 0 fully saturated rings. The Hall–Kier alpha value is -0.0100. The largest absolute Gasteiger partial charge is 0.149 e. The molecule has 1 rings (SSSR count). The molecule has 0 radical (unpaired) electrons. The molecular weight excluding hydrogens is 152 g/mol. The summed E-state index contributed by atoms with van der Waals surface area (Å²) in [5.74, 6) is 1.24. The Morgan fingerprint density at radius 2 is 2.56 bits per heavy atom. The van der Waals surface area contributed by atoms with E-state index in [1.54, 1.807) is 11.3 Å². The van der Waals surface area contributed by atoms with Crippen molar-refractivity contribution in [2.24, 2.45) is 0 Å². The van der Waals surface area contributed by atoms with Crippen molar-refractivity contribution < 1.29 is 0 Å². The first kappa shape index (κ1) is 7.10. The van der Waals surface area contributed by atoms with Crippen LogP contribution in [-0.2, 0) is 0 Å². The van der Waals surface area contributed by atoms with Crippen LogP contribution in [0.4, 0.5) is 0 Å². The number of hydrogen-bond donors (Lipinski definition) is 0.